The van der Waals surface area contributed by atoms with Crippen molar-refractivity contribution in [3.63, 3.8) is 0 Å². The van der Waals surface area contributed by atoms with E-state index in [-0.39, 0.29) is 5.91 Å². The van der Waals surface area contributed by atoms with Gasteiger partial charge >= 0.3 is 5.97 Å². The highest BCUT2D eigenvalue weighted by atomic mass is 16.4. The summed E-state index contributed by atoms with van der Waals surface area (Å²) in [6.45, 7) is 4.34. The normalized spacial score (nSPS) is 19.5. The minimum atomic E-state index is -0.690. The standard InChI is InChI=1S/C13H24N2O3/c1-13(12(17)18)6-9-15(10-7-13)8-4-5-11(16)14(2)3/h4-10H2,1-3H3,(H,17,18). The molecular formula is C13H24N2O3. The van der Waals surface area contributed by atoms with Gasteiger partial charge in [0.05, 0.1) is 5.41 Å². The number of likely N-dealkylation sites (tertiary alicyclic amines) is 1. The highest BCUT2D eigenvalue weighted by Crippen LogP contribution is 2.30. The lowest BCUT2D eigenvalue weighted by Crippen LogP contribution is -2.43. The number of hydrogen-bond donors (Lipinski definition) is 1. The maximum absolute atomic E-state index is 11.4. The van der Waals surface area contributed by atoms with Gasteiger partial charge in [-0.2, -0.15) is 0 Å². The van der Waals surface area contributed by atoms with Crippen LogP contribution in [0.25, 0.3) is 0 Å². The second-order valence-corrected chi connectivity index (χ2v) is 5.60. The zero-order valence-corrected chi connectivity index (χ0v) is 11.6. The first kappa shape index (κ1) is 15.0. The molecule has 0 aromatic rings. The molecule has 1 amide bonds. The molecule has 0 aromatic carbocycles. The number of amides is 1. The fourth-order valence-electron chi connectivity index (χ4n) is 2.16. The zero-order valence-electron chi connectivity index (χ0n) is 11.6. The molecule has 18 heavy (non-hydrogen) atoms. The highest BCUT2D eigenvalue weighted by Gasteiger charge is 2.36. The van der Waals surface area contributed by atoms with E-state index in [0.29, 0.717) is 19.3 Å². The van der Waals surface area contributed by atoms with Crippen molar-refractivity contribution in [1.82, 2.24) is 9.80 Å². The summed E-state index contributed by atoms with van der Waals surface area (Å²) in [6.07, 6.45) is 2.81. The number of rotatable bonds is 5. The number of carbonyl (C=O) groups is 2. The maximum atomic E-state index is 11.4. The molecule has 1 aliphatic rings. The number of carbonyl (C=O) groups excluding carboxylic acids is 1. The Morgan fingerprint density at radius 3 is 2.28 bits per heavy atom. The van der Waals surface area contributed by atoms with E-state index in [1.165, 1.54) is 0 Å². The molecule has 1 rings (SSSR count). The fourth-order valence-corrected chi connectivity index (χ4v) is 2.16. The lowest BCUT2D eigenvalue weighted by Gasteiger charge is -2.36. The molecule has 1 saturated heterocycles. The summed E-state index contributed by atoms with van der Waals surface area (Å²) < 4.78 is 0. The van der Waals surface area contributed by atoms with E-state index in [1.54, 1.807) is 19.0 Å². The minimum Gasteiger partial charge on any atom is -0.481 e. The van der Waals surface area contributed by atoms with Crippen molar-refractivity contribution in [1.29, 1.82) is 0 Å². The lowest BCUT2D eigenvalue weighted by atomic mass is 9.80. The number of piperidine rings is 1. The largest absolute Gasteiger partial charge is 0.481 e. The minimum absolute atomic E-state index is 0.155. The van der Waals surface area contributed by atoms with Gasteiger partial charge in [-0.25, -0.2) is 0 Å². The molecule has 1 N–H and O–H groups in total. The first-order valence-corrected chi connectivity index (χ1v) is 6.51. The molecule has 0 aromatic heterocycles. The lowest BCUT2D eigenvalue weighted by molar-refractivity contribution is -0.150. The maximum Gasteiger partial charge on any atom is 0.309 e. The molecule has 1 heterocycles. The predicted octanol–water partition coefficient (Wildman–Crippen LogP) is 1.04. The molecule has 0 radical (unpaired) electrons. The Morgan fingerprint density at radius 1 is 1.28 bits per heavy atom. The molecule has 104 valence electrons. The molecule has 0 unspecified atom stereocenters. The molecule has 0 aliphatic carbocycles. The van der Waals surface area contributed by atoms with Crippen LogP contribution in [0.5, 0.6) is 0 Å². The molecule has 5 heteroatoms. The first-order chi connectivity index (χ1) is 8.35. The van der Waals surface area contributed by atoms with Crippen molar-refractivity contribution >= 4 is 11.9 Å². The predicted molar refractivity (Wildman–Crippen MR) is 69.3 cm³/mol. The topological polar surface area (TPSA) is 60.9 Å². The summed E-state index contributed by atoms with van der Waals surface area (Å²) in [5, 5.41) is 9.12. The van der Waals surface area contributed by atoms with Gasteiger partial charge in [-0.1, -0.05) is 0 Å². The molecule has 5 nitrogen and oxygen atoms in total. The van der Waals surface area contributed by atoms with Crippen molar-refractivity contribution in [2.45, 2.75) is 32.6 Å². The van der Waals surface area contributed by atoms with Gasteiger partial charge in [-0.3, -0.25) is 9.59 Å². The third-order valence-corrected chi connectivity index (χ3v) is 3.84. The average Bonchev–Trinajstić information content (AvgIpc) is 2.31. The van der Waals surface area contributed by atoms with E-state index in [0.717, 1.165) is 26.1 Å². The number of nitrogens with zero attached hydrogens (tertiary/aromatic N) is 2. The molecule has 0 bridgehead atoms. The Morgan fingerprint density at radius 2 is 1.83 bits per heavy atom. The van der Waals surface area contributed by atoms with Gasteiger partial charge in [0.25, 0.3) is 0 Å². The molecule has 0 atom stereocenters. The van der Waals surface area contributed by atoms with Crippen molar-refractivity contribution in [3.8, 4) is 0 Å². The van der Waals surface area contributed by atoms with Crippen molar-refractivity contribution in [2.24, 2.45) is 5.41 Å². The summed E-state index contributed by atoms with van der Waals surface area (Å²) in [5.74, 6) is -0.535. The fraction of sp³-hybridized carbons (Fsp3) is 0.846. The van der Waals surface area contributed by atoms with Crippen LogP contribution >= 0.6 is 0 Å². The van der Waals surface area contributed by atoms with Crippen LogP contribution in [0.3, 0.4) is 0 Å². The quantitative estimate of drug-likeness (QED) is 0.798. The van der Waals surface area contributed by atoms with E-state index in [4.69, 9.17) is 5.11 Å². The van der Waals surface area contributed by atoms with Crippen LogP contribution in [0, 0.1) is 5.41 Å². The molecule has 1 aliphatic heterocycles. The Bertz CT molecular complexity index is 307. The van der Waals surface area contributed by atoms with Crippen LogP contribution in [-0.4, -0.2) is 60.5 Å². The molecule has 0 spiro atoms. The van der Waals surface area contributed by atoms with E-state index >= 15 is 0 Å². The second-order valence-electron chi connectivity index (χ2n) is 5.60. The molecule has 0 saturated carbocycles. The van der Waals surface area contributed by atoms with E-state index in [1.807, 2.05) is 6.92 Å². The summed E-state index contributed by atoms with van der Waals surface area (Å²) in [5.41, 5.74) is -0.560. The van der Waals surface area contributed by atoms with Gasteiger partial charge in [-0.05, 0) is 45.8 Å². The third-order valence-electron chi connectivity index (χ3n) is 3.84. The summed E-state index contributed by atoms with van der Waals surface area (Å²) in [4.78, 5) is 26.4. The average molecular weight is 256 g/mol. The number of hydrogen-bond acceptors (Lipinski definition) is 3. The van der Waals surface area contributed by atoms with Crippen LogP contribution in [0.4, 0.5) is 0 Å². The van der Waals surface area contributed by atoms with Crippen LogP contribution in [0.15, 0.2) is 0 Å². The monoisotopic (exact) mass is 256 g/mol. The van der Waals surface area contributed by atoms with Crippen molar-refractivity contribution in [2.75, 3.05) is 33.7 Å². The SMILES string of the molecule is CN(C)C(=O)CCCN1CCC(C)(C(=O)O)CC1. The van der Waals surface area contributed by atoms with Crippen LogP contribution in [-0.2, 0) is 9.59 Å². The smallest absolute Gasteiger partial charge is 0.309 e. The number of carboxylic acids is 1. The summed E-state index contributed by atoms with van der Waals surface area (Å²) >= 11 is 0. The van der Waals surface area contributed by atoms with Crippen LogP contribution < -0.4 is 0 Å². The van der Waals surface area contributed by atoms with Gasteiger partial charge < -0.3 is 14.9 Å². The Labute approximate surface area is 109 Å². The van der Waals surface area contributed by atoms with E-state index < -0.39 is 11.4 Å². The van der Waals surface area contributed by atoms with Crippen molar-refractivity contribution < 1.29 is 14.7 Å². The van der Waals surface area contributed by atoms with Crippen molar-refractivity contribution in [3.05, 3.63) is 0 Å². The Hall–Kier alpha value is -1.10. The Balaban J connectivity index is 2.24. The Kier molecular flexibility index (Phi) is 5.14. The van der Waals surface area contributed by atoms with Gasteiger partial charge in [0.2, 0.25) is 5.91 Å². The third kappa shape index (κ3) is 3.98. The van der Waals surface area contributed by atoms with Gasteiger partial charge in [0.1, 0.15) is 0 Å². The van der Waals surface area contributed by atoms with Gasteiger partial charge in [0.15, 0.2) is 0 Å². The van der Waals surface area contributed by atoms with Gasteiger partial charge in [0, 0.05) is 20.5 Å². The van der Waals surface area contributed by atoms with Gasteiger partial charge in [-0.15, -0.1) is 0 Å². The number of carboxylic acid groups (broad SMARTS) is 1. The first-order valence-electron chi connectivity index (χ1n) is 6.51. The molecular weight excluding hydrogens is 232 g/mol. The van der Waals surface area contributed by atoms with E-state index in [9.17, 15) is 9.59 Å². The highest BCUT2D eigenvalue weighted by molar-refractivity contribution is 5.75. The van der Waals surface area contributed by atoms with Crippen LogP contribution in [0.2, 0.25) is 0 Å². The molecule has 1 fully saturated rings. The van der Waals surface area contributed by atoms with Crippen LogP contribution in [0.1, 0.15) is 32.6 Å². The second kappa shape index (κ2) is 6.18. The summed E-state index contributed by atoms with van der Waals surface area (Å²) in [7, 11) is 3.53. The zero-order chi connectivity index (χ0) is 13.8. The summed E-state index contributed by atoms with van der Waals surface area (Å²) in [6, 6.07) is 0. The van der Waals surface area contributed by atoms with E-state index in [2.05, 4.69) is 4.90 Å². The number of aliphatic carboxylic acids is 1.